The van der Waals surface area contributed by atoms with Crippen LogP contribution in [0.4, 0.5) is 0 Å². The highest BCUT2D eigenvalue weighted by Crippen LogP contribution is 2.68. The lowest BCUT2D eigenvalue weighted by Gasteiger charge is -2.63. The Hall–Kier alpha value is -1.18. The first-order valence-corrected chi connectivity index (χ1v) is 14.6. The summed E-state index contributed by atoms with van der Waals surface area (Å²) in [4.78, 5) is 24.2. The Balaban J connectivity index is 1.39. The van der Waals surface area contributed by atoms with Crippen LogP contribution in [-0.2, 0) is 19.1 Å². The average molecular weight is 523 g/mol. The Morgan fingerprint density at radius 3 is 2.35 bits per heavy atom. The molecule has 0 bridgehead atoms. The molecule has 7 nitrogen and oxygen atoms in total. The molecule has 212 valence electrons. The van der Waals surface area contributed by atoms with Gasteiger partial charge in [-0.05, 0) is 118 Å². The van der Waals surface area contributed by atoms with E-state index in [-0.39, 0.29) is 65.7 Å². The van der Waals surface area contributed by atoms with Crippen molar-refractivity contribution in [2.75, 3.05) is 6.61 Å². The number of aliphatic hydroxyl groups excluding tert-OH is 3. The van der Waals surface area contributed by atoms with Gasteiger partial charge in [-0.2, -0.15) is 0 Å². The van der Waals surface area contributed by atoms with Gasteiger partial charge < -0.3 is 24.8 Å². The second kappa shape index (κ2) is 10.4. The van der Waals surface area contributed by atoms with E-state index in [0.717, 1.165) is 38.5 Å². The molecule has 0 unspecified atom stereocenters. The molecular weight excluding hydrogens is 472 g/mol. The monoisotopic (exact) mass is 522 g/mol. The van der Waals surface area contributed by atoms with E-state index < -0.39 is 23.6 Å². The van der Waals surface area contributed by atoms with Crippen molar-refractivity contribution in [3.05, 3.63) is 0 Å². The van der Waals surface area contributed by atoms with Crippen molar-refractivity contribution in [3.63, 3.8) is 0 Å². The maximum absolute atomic E-state index is 12.4. The Bertz CT molecular complexity index is 851. The van der Waals surface area contributed by atoms with Gasteiger partial charge in [0.2, 0.25) is 0 Å². The van der Waals surface area contributed by atoms with Gasteiger partial charge in [-0.1, -0.05) is 20.8 Å². The van der Waals surface area contributed by atoms with Crippen molar-refractivity contribution >= 4 is 11.9 Å². The van der Waals surface area contributed by atoms with Gasteiger partial charge >= 0.3 is 11.9 Å². The Morgan fingerprint density at radius 1 is 0.973 bits per heavy atom. The summed E-state index contributed by atoms with van der Waals surface area (Å²) in [5.74, 6) is 0.554. The number of esters is 2. The van der Waals surface area contributed by atoms with Crippen LogP contribution in [0.5, 0.6) is 0 Å². The van der Waals surface area contributed by atoms with Gasteiger partial charge in [0.05, 0.1) is 18.3 Å². The molecule has 11 atom stereocenters. The van der Waals surface area contributed by atoms with Crippen LogP contribution in [0.15, 0.2) is 0 Å². The van der Waals surface area contributed by atoms with Gasteiger partial charge in [-0.25, -0.2) is 4.79 Å². The number of rotatable bonds is 6. The number of ether oxygens (including phenoxy) is 2. The van der Waals surface area contributed by atoms with Crippen LogP contribution in [0.2, 0.25) is 0 Å². The maximum atomic E-state index is 12.4. The number of aliphatic hydroxyl groups is 3. The van der Waals surface area contributed by atoms with Crippen LogP contribution < -0.4 is 0 Å². The van der Waals surface area contributed by atoms with Gasteiger partial charge in [-0.15, -0.1) is 0 Å². The fraction of sp³-hybridized carbons (Fsp3) is 0.933. The molecule has 0 aliphatic heterocycles. The molecular formula is C30H50O7. The lowest BCUT2D eigenvalue weighted by molar-refractivity contribution is -0.207. The van der Waals surface area contributed by atoms with Gasteiger partial charge in [0.25, 0.3) is 0 Å². The average Bonchev–Trinajstić information content (AvgIpc) is 3.15. The van der Waals surface area contributed by atoms with Gasteiger partial charge in [0, 0.05) is 6.42 Å². The summed E-state index contributed by atoms with van der Waals surface area (Å²) < 4.78 is 10.4. The van der Waals surface area contributed by atoms with E-state index in [9.17, 15) is 24.9 Å². The van der Waals surface area contributed by atoms with Crippen LogP contribution in [0.3, 0.4) is 0 Å². The molecule has 0 heterocycles. The molecule has 0 aromatic heterocycles. The standard InChI is InChI=1S/C30H50O7/c1-17(7-10-25(34)36-16-26(35)37-28(2,3)4)20-8-9-21-27-22(15-24(33)30(20,21)6)29(5)12-11-19(31)13-18(29)14-23(27)32/h17-24,27,31-33H,7-16H2,1-6H3/t17-,18+,19-,20-,21+,22+,23-,24+,27+,29+,30-/m1/s1. The zero-order chi connectivity index (χ0) is 27.3. The molecule has 3 N–H and O–H groups in total. The molecule has 4 aliphatic rings. The molecule has 0 aromatic rings. The normalized spacial score (nSPS) is 44.2. The van der Waals surface area contributed by atoms with Crippen molar-refractivity contribution in [1.29, 1.82) is 0 Å². The minimum absolute atomic E-state index is 0.0625. The zero-order valence-electron chi connectivity index (χ0n) is 23.7. The maximum Gasteiger partial charge on any atom is 0.344 e. The van der Waals surface area contributed by atoms with E-state index in [0.29, 0.717) is 18.8 Å². The molecule has 4 rings (SSSR count). The number of carbonyl (C=O) groups excluding carboxylic acids is 2. The Morgan fingerprint density at radius 2 is 1.68 bits per heavy atom. The van der Waals surface area contributed by atoms with Crippen LogP contribution in [-0.4, -0.2) is 57.8 Å². The van der Waals surface area contributed by atoms with Crippen molar-refractivity contribution in [2.24, 2.45) is 46.3 Å². The lowest BCUT2D eigenvalue weighted by atomic mass is 9.43. The smallest absolute Gasteiger partial charge is 0.344 e. The Labute approximate surface area is 222 Å². The largest absolute Gasteiger partial charge is 0.457 e. The number of carbonyl (C=O) groups is 2. The molecule has 7 heteroatoms. The first-order chi connectivity index (χ1) is 17.2. The van der Waals surface area contributed by atoms with E-state index in [1.807, 2.05) is 0 Å². The third-order valence-corrected chi connectivity index (χ3v) is 11.1. The molecule has 37 heavy (non-hydrogen) atoms. The quantitative estimate of drug-likeness (QED) is 0.447. The van der Waals surface area contributed by atoms with Crippen molar-refractivity contribution in [1.82, 2.24) is 0 Å². The molecule has 4 fully saturated rings. The zero-order valence-corrected chi connectivity index (χ0v) is 23.7. The van der Waals surface area contributed by atoms with Crippen molar-refractivity contribution < 1.29 is 34.4 Å². The van der Waals surface area contributed by atoms with Crippen LogP contribution in [0.25, 0.3) is 0 Å². The summed E-state index contributed by atoms with van der Waals surface area (Å²) in [6.45, 7) is 11.7. The van der Waals surface area contributed by atoms with Crippen molar-refractivity contribution in [3.8, 4) is 0 Å². The van der Waals surface area contributed by atoms with E-state index in [1.54, 1.807) is 20.8 Å². The first-order valence-electron chi connectivity index (χ1n) is 14.6. The van der Waals surface area contributed by atoms with E-state index >= 15 is 0 Å². The fourth-order valence-corrected chi connectivity index (χ4v) is 9.26. The molecule has 4 aliphatic carbocycles. The summed E-state index contributed by atoms with van der Waals surface area (Å²) in [6.07, 6.45) is 5.75. The fourth-order valence-electron chi connectivity index (χ4n) is 9.26. The van der Waals surface area contributed by atoms with E-state index in [4.69, 9.17) is 9.47 Å². The molecule has 0 spiro atoms. The highest BCUT2D eigenvalue weighted by molar-refractivity contribution is 5.76. The molecule has 0 radical (unpaired) electrons. The van der Waals surface area contributed by atoms with Crippen LogP contribution >= 0.6 is 0 Å². The number of fused-ring (bicyclic) bond motifs is 5. The SMILES string of the molecule is C[C@H](CCC(=O)OCC(=O)OC(C)(C)C)[C@H]1CC[C@H]2[C@@H]3[C@H](O)C[C@@H]4C[C@H](O)CC[C@]4(C)[C@H]3C[C@H](O)[C@]12C. The summed E-state index contributed by atoms with van der Waals surface area (Å²) in [5.41, 5.74) is -0.846. The minimum atomic E-state index is -0.616. The second-order valence-electron chi connectivity index (χ2n) is 14.3. The van der Waals surface area contributed by atoms with Gasteiger partial charge in [0.15, 0.2) is 6.61 Å². The lowest BCUT2D eigenvalue weighted by Crippen LogP contribution is -2.62. The molecule has 0 aromatic carbocycles. The predicted molar refractivity (Wildman–Crippen MR) is 139 cm³/mol. The summed E-state index contributed by atoms with van der Waals surface area (Å²) in [5, 5.41) is 33.4. The van der Waals surface area contributed by atoms with Crippen LogP contribution in [0.1, 0.15) is 99.3 Å². The second-order valence-corrected chi connectivity index (χ2v) is 14.3. The highest BCUT2D eigenvalue weighted by atomic mass is 16.6. The summed E-state index contributed by atoms with van der Waals surface area (Å²) >= 11 is 0. The van der Waals surface area contributed by atoms with Crippen LogP contribution in [0, 0.1) is 46.3 Å². The van der Waals surface area contributed by atoms with E-state index in [1.165, 1.54) is 0 Å². The third-order valence-electron chi connectivity index (χ3n) is 11.1. The minimum Gasteiger partial charge on any atom is -0.457 e. The summed E-state index contributed by atoms with van der Waals surface area (Å²) in [7, 11) is 0. The third kappa shape index (κ3) is 5.47. The first kappa shape index (κ1) is 28.8. The van der Waals surface area contributed by atoms with Gasteiger partial charge in [0.1, 0.15) is 5.60 Å². The Kier molecular flexibility index (Phi) is 8.12. The van der Waals surface area contributed by atoms with Crippen molar-refractivity contribution in [2.45, 2.75) is 123 Å². The molecule has 0 amide bonds. The van der Waals surface area contributed by atoms with E-state index in [2.05, 4.69) is 20.8 Å². The predicted octanol–water partition coefficient (Wildman–Crippen LogP) is 4.25. The highest BCUT2D eigenvalue weighted by Gasteiger charge is 2.65. The molecule has 4 saturated carbocycles. The summed E-state index contributed by atoms with van der Waals surface area (Å²) in [6, 6.07) is 0. The topological polar surface area (TPSA) is 113 Å². The molecule has 0 saturated heterocycles. The number of hydrogen-bond acceptors (Lipinski definition) is 7. The van der Waals surface area contributed by atoms with Gasteiger partial charge in [-0.3, -0.25) is 4.79 Å². The number of hydrogen-bond donors (Lipinski definition) is 3.